The minimum atomic E-state index is 0.318. The Labute approximate surface area is 102 Å². The summed E-state index contributed by atoms with van der Waals surface area (Å²) < 4.78 is 1.75. The van der Waals surface area contributed by atoms with Crippen LogP contribution in [0.5, 0.6) is 5.75 Å². The van der Waals surface area contributed by atoms with E-state index in [4.69, 9.17) is 0 Å². The van der Waals surface area contributed by atoms with E-state index in [1.54, 1.807) is 4.68 Å². The molecule has 0 bridgehead atoms. The van der Waals surface area contributed by atoms with Gasteiger partial charge >= 0.3 is 0 Å². The van der Waals surface area contributed by atoms with Crippen molar-refractivity contribution in [2.45, 2.75) is 26.7 Å². The van der Waals surface area contributed by atoms with Gasteiger partial charge in [-0.3, -0.25) is 4.68 Å². The smallest absolute Gasteiger partial charge is 0.164 e. The van der Waals surface area contributed by atoms with Crippen molar-refractivity contribution in [1.82, 2.24) is 9.78 Å². The monoisotopic (exact) mass is 230 g/mol. The molecule has 1 aromatic carbocycles. The lowest BCUT2D eigenvalue weighted by molar-refractivity contribution is 0.469. The molecular formula is C14H18N2O. The second-order valence-electron chi connectivity index (χ2n) is 4.38. The Kier molecular flexibility index (Phi) is 3.18. The van der Waals surface area contributed by atoms with Gasteiger partial charge in [-0.05, 0) is 13.3 Å². The summed E-state index contributed by atoms with van der Waals surface area (Å²) in [5, 5.41) is 14.5. The summed E-state index contributed by atoms with van der Waals surface area (Å²) in [4.78, 5) is 0. The molecule has 90 valence electrons. The largest absolute Gasteiger partial charge is 0.504 e. The van der Waals surface area contributed by atoms with Crippen molar-refractivity contribution in [3.8, 4) is 17.0 Å². The molecule has 3 heteroatoms. The van der Waals surface area contributed by atoms with Crippen molar-refractivity contribution in [2.24, 2.45) is 7.05 Å². The number of hydrogen-bond acceptors (Lipinski definition) is 2. The lowest BCUT2D eigenvalue weighted by Crippen LogP contribution is -1.94. The van der Waals surface area contributed by atoms with Gasteiger partial charge in [0.1, 0.15) is 11.4 Å². The summed E-state index contributed by atoms with van der Waals surface area (Å²) in [6, 6.07) is 8.12. The minimum Gasteiger partial charge on any atom is -0.504 e. The van der Waals surface area contributed by atoms with Gasteiger partial charge in [0.25, 0.3) is 0 Å². The topological polar surface area (TPSA) is 38.0 Å². The highest BCUT2D eigenvalue weighted by Crippen LogP contribution is 2.32. The minimum absolute atomic E-state index is 0.318. The van der Waals surface area contributed by atoms with Crippen molar-refractivity contribution in [3.05, 3.63) is 35.5 Å². The van der Waals surface area contributed by atoms with Gasteiger partial charge in [-0.1, -0.05) is 43.2 Å². The Hall–Kier alpha value is -1.77. The lowest BCUT2D eigenvalue weighted by Gasteiger charge is -2.03. The van der Waals surface area contributed by atoms with Crippen LogP contribution in [0.3, 0.4) is 0 Å². The van der Waals surface area contributed by atoms with Gasteiger partial charge in [-0.25, -0.2) is 0 Å². The number of benzene rings is 1. The standard InChI is InChI=1S/C14H18N2O/c1-4-5-12-14(17)13(16(3)15-12)11-8-6-10(2)7-9-11/h6-9,17H,4-5H2,1-3H3. The number of aryl methyl sites for hydroxylation is 3. The van der Waals surface area contributed by atoms with Gasteiger partial charge in [0.2, 0.25) is 0 Å². The molecule has 1 aromatic heterocycles. The molecule has 0 amide bonds. The molecule has 2 rings (SSSR count). The summed E-state index contributed by atoms with van der Waals surface area (Å²) in [5.74, 6) is 0.318. The molecule has 2 aromatic rings. The van der Waals surface area contributed by atoms with E-state index in [0.717, 1.165) is 29.8 Å². The van der Waals surface area contributed by atoms with Crippen LogP contribution in [0, 0.1) is 6.92 Å². The molecule has 0 saturated carbocycles. The molecule has 0 saturated heterocycles. The molecular weight excluding hydrogens is 212 g/mol. The molecule has 3 nitrogen and oxygen atoms in total. The summed E-state index contributed by atoms with van der Waals surface area (Å²) in [5.41, 5.74) is 3.80. The number of aromatic nitrogens is 2. The molecule has 17 heavy (non-hydrogen) atoms. The molecule has 0 aliphatic heterocycles. The van der Waals surface area contributed by atoms with Crippen molar-refractivity contribution < 1.29 is 5.11 Å². The fraction of sp³-hybridized carbons (Fsp3) is 0.357. The van der Waals surface area contributed by atoms with Crippen molar-refractivity contribution in [3.63, 3.8) is 0 Å². The number of aromatic hydroxyl groups is 1. The Bertz CT molecular complexity index is 512. The van der Waals surface area contributed by atoms with Crippen LogP contribution in [0.25, 0.3) is 11.3 Å². The normalized spacial score (nSPS) is 10.8. The number of hydrogen-bond donors (Lipinski definition) is 1. The predicted molar refractivity (Wildman–Crippen MR) is 69.0 cm³/mol. The van der Waals surface area contributed by atoms with Gasteiger partial charge < -0.3 is 5.11 Å². The van der Waals surface area contributed by atoms with E-state index in [1.807, 2.05) is 31.3 Å². The van der Waals surface area contributed by atoms with E-state index >= 15 is 0 Å². The highest BCUT2D eigenvalue weighted by Gasteiger charge is 2.15. The zero-order valence-corrected chi connectivity index (χ0v) is 10.6. The second-order valence-corrected chi connectivity index (χ2v) is 4.38. The maximum absolute atomic E-state index is 10.2. The van der Waals surface area contributed by atoms with E-state index in [0.29, 0.717) is 5.75 Å². The van der Waals surface area contributed by atoms with Crippen LogP contribution < -0.4 is 0 Å². The average Bonchev–Trinajstić information content (AvgIpc) is 2.57. The Balaban J connectivity index is 2.48. The van der Waals surface area contributed by atoms with Gasteiger partial charge in [-0.2, -0.15) is 5.10 Å². The molecule has 0 spiro atoms. The molecule has 0 atom stereocenters. The molecule has 1 heterocycles. The van der Waals surface area contributed by atoms with Crippen LogP contribution in [0.2, 0.25) is 0 Å². The molecule has 0 unspecified atom stereocenters. The SMILES string of the molecule is CCCc1nn(C)c(-c2ccc(C)cc2)c1O. The van der Waals surface area contributed by atoms with E-state index in [-0.39, 0.29) is 0 Å². The first kappa shape index (κ1) is 11.7. The van der Waals surface area contributed by atoms with E-state index < -0.39 is 0 Å². The van der Waals surface area contributed by atoms with Gasteiger partial charge in [0.05, 0.1) is 0 Å². The van der Waals surface area contributed by atoms with Gasteiger partial charge in [0, 0.05) is 12.6 Å². The van der Waals surface area contributed by atoms with Crippen LogP contribution >= 0.6 is 0 Å². The first-order valence-corrected chi connectivity index (χ1v) is 5.95. The third-order valence-electron chi connectivity index (χ3n) is 2.90. The molecule has 0 aliphatic rings. The van der Waals surface area contributed by atoms with Crippen LogP contribution in [-0.4, -0.2) is 14.9 Å². The summed E-state index contributed by atoms with van der Waals surface area (Å²) in [6.45, 7) is 4.13. The zero-order chi connectivity index (χ0) is 12.4. The van der Waals surface area contributed by atoms with Crippen LogP contribution in [0.15, 0.2) is 24.3 Å². The van der Waals surface area contributed by atoms with E-state index in [9.17, 15) is 5.11 Å². The quantitative estimate of drug-likeness (QED) is 0.880. The van der Waals surface area contributed by atoms with E-state index in [2.05, 4.69) is 18.9 Å². The van der Waals surface area contributed by atoms with Crippen LogP contribution in [0.1, 0.15) is 24.6 Å². The summed E-state index contributed by atoms with van der Waals surface area (Å²) in [6.07, 6.45) is 1.80. The Morgan fingerprint density at radius 1 is 1.24 bits per heavy atom. The molecule has 0 aliphatic carbocycles. The Morgan fingerprint density at radius 3 is 2.47 bits per heavy atom. The van der Waals surface area contributed by atoms with Crippen molar-refractivity contribution in [1.29, 1.82) is 0 Å². The third-order valence-corrected chi connectivity index (χ3v) is 2.90. The van der Waals surface area contributed by atoms with Crippen LogP contribution in [-0.2, 0) is 13.5 Å². The Morgan fingerprint density at radius 2 is 1.88 bits per heavy atom. The van der Waals surface area contributed by atoms with E-state index in [1.165, 1.54) is 5.56 Å². The fourth-order valence-electron chi connectivity index (χ4n) is 2.01. The maximum atomic E-state index is 10.2. The predicted octanol–water partition coefficient (Wildman–Crippen LogP) is 3.05. The lowest BCUT2D eigenvalue weighted by atomic mass is 10.1. The maximum Gasteiger partial charge on any atom is 0.164 e. The molecule has 0 radical (unpaired) electrons. The number of rotatable bonds is 3. The van der Waals surface area contributed by atoms with Gasteiger partial charge in [-0.15, -0.1) is 0 Å². The summed E-state index contributed by atoms with van der Waals surface area (Å²) >= 11 is 0. The fourth-order valence-corrected chi connectivity index (χ4v) is 2.01. The van der Waals surface area contributed by atoms with Crippen LogP contribution in [0.4, 0.5) is 0 Å². The first-order valence-electron chi connectivity index (χ1n) is 5.95. The van der Waals surface area contributed by atoms with Crippen molar-refractivity contribution in [2.75, 3.05) is 0 Å². The number of nitrogens with zero attached hydrogens (tertiary/aromatic N) is 2. The third kappa shape index (κ3) is 2.18. The zero-order valence-electron chi connectivity index (χ0n) is 10.6. The summed E-state index contributed by atoms with van der Waals surface area (Å²) in [7, 11) is 1.87. The molecule has 0 fully saturated rings. The highest BCUT2D eigenvalue weighted by atomic mass is 16.3. The second kappa shape index (κ2) is 4.62. The van der Waals surface area contributed by atoms with Gasteiger partial charge in [0.15, 0.2) is 5.75 Å². The van der Waals surface area contributed by atoms with Crippen molar-refractivity contribution >= 4 is 0 Å². The highest BCUT2D eigenvalue weighted by molar-refractivity contribution is 5.67. The molecule has 1 N–H and O–H groups in total. The average molecular weight is 230 g/mol. The first-order chi connectivity index (χ1) is 8.13.